The summed E-state index contributed by atoms with van der Waals surface area (Å²) >= 11 is 0. The van der Waals surface area contributed by atoms with Crippen molar-refractivity contribution in [1.29, 1.82) is 0 Å². The van der Waals surface area contributed by atoms with Crippen LogP contribution in [-0.2, 0) is 0 Å². The number of nitrogens with zero attached hydrogens (tertiary/aromatic N) is 5. The molecule has 2 fully saturated rings. The van der Waals surface area contributed by atoms with E-state index in [-0.39, 0.29) is 11.6 Å². The number of ether oxygens (including phenoxy) is 1. The average Bonchev–Trinajstić information content (AvgIpc) is 3.35. The molecular weight excluding hydrogens is 428 g/mol. The van der Waals surface area contributed by atoms with Crippen LogP contribution in [0.4, 0.5) is 0 Å². The normalized spacial score (nSPS) is 19.0. The zero-order chi connectivity index (χ0) is 23.5. The van der Waals surface area contributed by atoms with Crippen LogP contribution in [0.3, 0.4) is 0 Å². The molecule has 1 aromatic carbocycles. The highest BCUT2D eigenvalue weighted by Gasteiger charge is 2.34. The smallest absolute Gasteiger partial charge is 0.253 e. The molecule has 2 aromatic heterocycles. The van der Waals surface area contributed by atoms with Crippen molar-refractivity contribution in [2.75, 3.05) is 13.7 Å². The molecular formula is C26H36N6O2. The van der Waals surface area contributed by atoms with E-state index in [1.165, 1.54) is 38.5 Å². The van der Waals surface area contributed by atoms with Crippen molar-refractivity contribution >= 4 is 10.9 Å². The maximum atomic E-state index is 13.5. The predicted molar refractivity (Wildman–Crippen MR) is 132 cm³/mol. The molecule has 3 aromatic rings. The van der Waals surface area contributed by atoms with Crippen LogP contribution in [0.2, 0.25) is 0 Å². The molecule has 182 valence electrons. The molecule has 1 unspecified atom stereocenters. The summed E-state index contributed by atoms with van der Waals surface area (Å²) in [5.41, 5.74) is 1.42. The Morgan fingerprint density at radius 3 is 2.56 bits per heavy atom. The first-order valence-electron chi connectivity index (χ1n) is 12.9. The van der Waals surface area contributed by atoms with Gasteiger partial charge in [0.05, 0.1) is 12.6 Å². The highest BCUT2D eigenvalue weighted by Crippen LogP contribution is 2.35. The van der Waals surface area contributed by atoms with Gasteiger partial charge in [0, 0.05) is 22.5 Å². The minimum absolute atomic E-state index is 0.0810. The van der Waals surface area contributed by atoms with E-state index >= 15 is 0 Å². The summed E-state index contributed by atoms with van der Waals surface area (Å²) in [6, 6.07) is 8.23. The maximum absolute atomic E-state index is 13.5. The molecule has 0 radical (unpaired) electrons. The second kappa shape index (κ2) is 10.3. The predicted octanol–water partition coefficient (Wildman–Crippen LogP) is 4.77. The molecule has 2 saturated carbocycles. The zero-order valence-corrected chi connectivity index (χ0v) is 20.4. The largest absolute Gasteiger partial charge is 0.494 e. The molecule has 8 heteroatoms. The number of hydrogen-bond acceptors (Lipinski definition) is 6. The van der Waals surface area contributed by atoms with Crippen LogP contribution in [-0.4, -0.2) is 49.8 Å². The fraction of sp³-hybridized carbons (Fsp3) is 0.615. The third kappa shape index (κ3) is 4.60. The SMILES string of the molecule is CCOc1ccc2[nH]c(=O)c(C(c3nnnn3C3CCCCC3)N(C)C3CCCCC3)cc2c1. The molecule has 0 aliphatic heterocycles. The first-order valence-corrected chi connectivity index (χ1v) is 12.9. The van der Waals surface area contributed by atoms with Gasteiger partial charge in [-0.05, 0) is 74.3 Å². The quantitative estimate of drug-likeness (QED) is 0.542. The molecule has 2 heterocycles. The highest BCUT2D eigenvalue weighted by atomic mass is 16.5. The minimum Gasteiger partial charge on any atom is -0.494 e. The molecule has 2 aliphatic carbocycles. The second-order valence-corrected chi connectivity index (χ2v) is 9.87. The second-order valence-electron chi connectivity index (χ2n) is 9.87. The molecule has 0 bridgehead atoms. The van der Waals surface area contributed by atoms with E-state index in [0.717, 1.165) is 48.2 Å². The van der Waals surface area contributed by atoms with Crippen molar-refractivity contribution in [3.05, 3.63) is 46.0 Å². The molecule has 34 heavy (non-hydrogen) atoms. The molecule has 8 nitrogen and oxygen atoms in total. The van der Waals surface area contributed by atoms with Crippen LogP contribution in [0.5, 0.6) is 5.75 Å². The van der Waals surface area contributed by atoms with E-state index < -0.39 is 0 Å². The summed E-state index contributed by atoms with van der Waals surface area (Å²) in [6.07, 6.45) is 11.8. The van der Waals surface area contributed by atoms with E-state index in [1.54, 1.807) is 0 Å². The molecule has 1 atom stereocenters. The summed E-state index contributed by atoms with van der Waals surface area (Å²) in [6.45, 7) is 2.58. The van der Waals surface area contributed by atoms with E-state index in [1.807, 2.05) is 35.9 Å². The summed E-state index contributed by atoms with van der Waals surface area (Å²) in [7, 11) is 2.14. The number of nitrogens with one attached hydrogen (secondary N) is 1. The van der Waals surface area contributed by atoms with Gasteiger partial charge in [0.25, 0.3) is 5.56 Å². The standard InChI is InChI=1S/C26H36N6O2/c1-3-34-21-14-15-23-18(16-21)17-22(26(33)27-23)24(31(2)19-10-6-4-7-11-19)25-28-29-30-32(25)20-12-8-5-9-13-20/h14-17,19-20,24H,3-13H2,1-2H3,(H,27,33). The maximum Gasteiger partial charge on any atom is 0.253 e. The Balaban J connectivity index is 1.61. The fourth-order valence-corrected chi connectivity index (χ4v) is 5.87. The van der Waals surface area contributed by atoms with Crippen LogP contribution in [0.25, 0.3) is 10.9 Å². The average molecular weight is 465 g/mol. The van der Waals surface area contributed by atoms with E-state index in [4.69, 9.17) is 4.74 Å². The molecule has 0 amide bonds. The first-order chi connectivity index (χ1) is 16.7. The number of pyridine rings is 1. The third-order valence-electron chi connectivity index (χ3n) is 7.69. The lowest BCUT2D eigenvalue weighted by atomic mass is 9.91. The number of tetrazole rings is 1. The number of H-pyrrole nitrogens is 1. The molecule has 1 N–H and O–H groups in total. The third-order valence-corrected chi connectivity index (χ3v) is 7.69. The lowest BCUT2D eigenvalue weighted by Crippen LogP contribution is -2.40. The fourth-order valence-electron chi connectivity index (χ4n) is 5.87. The Kier molecular flexibility index (Phi) is 6.94. The topological polar surface area (TPSA) is 88.9 Å². The Hall–Kier alpha value is -2.74. The van der Waals surface area contributed by atoms with Crippen molar-refractivity contribution in [3.8, 4) is 5.75 Å². The highest BCUT2D eigenvalue weighted by molar-refractivity contribution is 5.80. The molecule has 2 aliphatic rings. The van der Waals surface area contributed by atoms with Crippen LogP contribution in [0.15, 0.2) is 29.1 Å². The number of fused-ring (bicyclic) bond motifs is 1. The Morgan fingerprint density at radius 1 is 1.09 bits per heavy atom. The van der Waals surface area contributed by atoms with Gasteiger partial charge in [0.15, 0.2) is 5.82 Å². The number of hydrogen-bond donors (Lipinski definition) is 1. The monoisotopic (exact) mass is 464 g/mol. The lowest BCUT2D eigenvalue weighted by Gasteiger charge is -2.37. The Bertz CT molecular complexity index is 1160. The number of aromatic amines is 1. The molecule has 0 saturated heterocycles. The molecule has 5 rings (SSSR count). The van der Waals surface area contributed by atoms with Gasteiger partial charge in [0.2, 0.25) is 0 Å². The van der Waals surface area contributed by atoms with Crippen LogP contribution >= 0.6 is 0 Å². The van der Waals surface area contributed by atoms with Crippen LogP contribution in [0.1, 0.15) is 94.6 Å². The van der Waals surface area contributed by atoms with Gasteiger partial charge < -0.3 is 9.72 Å². The van der Waals surface area contributed by atoms with Crippen molar-refractivity contribution in [2.45, 2.75) is 89.3 Å². The Morgan fingerprint density at radius 2 is 1.82 bits per heavy atom. The van der Waals surface area contributed by atoms with Gasteiger partial charge in [-0.1, -0.05) is 38.5 Å². The Labute approximate surface area is 200 Å². The van der Waals surface area contributed by atoms with Gasteiger partial charge >= 0.3 is 0 Å². The van der Waals surface area contributed by atoms with Crippen molar-refractivity contribution in [2.24, 2.45) is 0 Å². The van der Waals surface area contributed by atoms with Crippen molar-refractivity contribution in [3.63, 3.8) is 0 Å². The van der Waals surface area contributed by atoms with E-state index in [2.05, 4.69) is 32.5 Å². The van der Waals surface area contributed by atoms with Gasteiger partial charge in [-0.15, -0.1) is 5.10 Å². The number of rotatable bonds is 7. The lowest BCUT2D eigenvalue weighted by molar-refractivity contribution is 0.145. The van der Waals surface area contributed by atoms with Gasteiger partial charge in [0.1, 0.15) is 11.8 Å². The summed E-state index contributed by atoms with van der Waals surface area (Å²) in [5.74, 6) is 1.59. The van der Waals surface area contributed by atoms with Crippen molar-refractivity contribution in [1.82, 2.24) is 30.1 Å². The minimum atomic E-state index is -0.302. The summed E-state index contributed by atoms with van der Waals surface area (Å²) in [5, 5.41) is 14.0. The van der Waals surface area contributed by atoms with E-state index in [9.17, 15) is 4.79 Å². The van der Waals surface area contributed by atoms with Gasteiger partial charge in [-0.3, -0.25) is 9.69 Å². The van der Waals surface area contributed by atoms with Gasteiger partial charge in [-0.25, -0.2) is 4.68 Å². The number of benzene rings is 1. The first kappa shape index (κ1) is 23.0. The summed E-state index contributed by atoms with van der Waals surface area (Å²) < 4.78 is 7.74. The van der Waals surface area contributed by atoms with Crippen LogP contribution < -0.4 is 10.3 Å². The molecule has 0 spiro atoms. The van der Waals surface area contributed by atoms with Crippen molar-refractivity contribution < 1.29 is 4.74 Å². The summed E-state index contributed by atoms with van der Waals surface area (Å²) in [4.78, 5) is 18.9. The zero-order valence-electron chi connectivity index (χ0n) is 20.4. The van der Waals surface area contributed by atoms with Crippen LogP contribution in [0, 0.1) is 0 Å². The van der Waals surface area contributed by atoms with E-state index in [0.29, 0.717) is 24.3 Å². The van der Waals surface area contributed by atoms with Gasteiger partial charge in [-0.2, -0.15) is 0 Å². The number of aromatic nitrogens is 5.